The molecule has 0 unspecified atom stereocenters. The second-order valence-electron chi connectivity index (χ2n) is 4.22. The van der Waals surface area contributed by atoms with E-state index < -0.39 is 0 Å². The molecular weight excluding hydrogens is 186 g/mol. The standard InChI is InChI=1S/C12H23N3/c1-5-12(6-2,7-3)13-8-11-9-14-15(4)10-11/h9-10,13H,5-8H2,1-4H3. The van der Waals surface area contributed by atoms with Gasteiger partial charge in [-0.05, 0) is 19.3 Å². The van der Waals surface area contributed by atoms with E-state index in [1.165, 1.54) is 24.8 Å². The van der Waals surface area contributed by atoms with Gasteiger partial charge in [0.2, 0.25) is 0 Å². The molecule has 0 saturated carbocycles. The van der Waals surface area contributed by atoms with E-state index in [9.17, 15) is 0 Å². The maximum atomic E-state index is 4.17. The van der Waals surface area contributed by atoms with E-state index in [1.807, 2.05) is 17.9 Å². The Morgan fingerprint density at radius 3 is 2.27 bits per heavy atom. The van der Waals surface area contributed by atoms with E-state index in [1.54, 1.807) is 0 Å². The third-order valence-corrected chi connectivity index (χ3v) is 3.46. The van der Waals surface area contributed by atoms with Crippen LogP contribution in [-0.2, 0) is 13.6 Å². The Balaban J connectivity index is 2.54. The molecule has 1 rings (SSSR count). The zero-order chi connectivity index (χ0) is 11.3. The Labute approximate surface area is 92.9 Å². The molecule has 0 aliphatic carbocycles. The van der Waals surface area contributed by atoms with E-state index in [-0.39, 0.29) is 0 Å². The summed E-state index contributed by atoms with van der Waals surface area (Å²) in [5.41, 5.74) is 1.56. The molecular formula is C12H23N3. The molecule has 0 aromatic carbocycles. The van der Waals surface area contributed by atoms with Crippen LogP contribution in [0.3, 0.4) is 0 Å². The number of rotatable bonds is 6. The quantitative estimate of drug-likeness (QED) is 0.780. The van der Waals surface area contributed by atoms with Crippen molar-refractivity contribution in [2.24, 2.45) is 7.05 Å². The summed E-state index contributed by atoms with van der Waals surface area (Å²) in [6.07, 6.45) is 7.54. The Morgan fingerprint density at radius 2 is 1.87 bits per heavy atom. The van der Waals surface area contributed by atoms with Crippen molar-refractivity contribution in [3.8, 4) is 0 Å². The summed E-state index contributed by atoms with van der Waals surface area (Å²) >= 11 is 0. The van der Waals surface area contributed by atoms with Crippen LogP contribution in [-0.4, -0.2) is 15.3 Å². The van der Waals surface area contributed by atoms with Crippen molar-refractivity contribution in [2.45, 2.75) is 52.1 Å². The first kappa shape index (κ1) is 12.2. The predicted molar refractivity (Wildman–Crippen MR) is 63.7 cm³/mol. The molecule has 1 aromatic heterocycles. The van der Waals surface area contributed by atoms with Gasteiger partial charge in [0.1, 0.15) is 0 Å². The van der Waals surface area contributed by atoms with Crippen LogP contribution in [0.15, 0.2) is 12.4 Å². The zero-order valence-electron chi connectivity index (χ0n) is 10.4. The molecule has 3 nitrogen and oxygen atoms in total. The lowest BCUT2D eigenvalue weighted by Crippen LogP contribution is -2.42. The molecule has 0 fully saturated rings. The lowest BCUT2D eigenvalue weighted by atomic mass is 9.90. The van der Waals surface area contributed by atoms with Crippen LogP contribution in [0.5, 0.6) is 0 Å². The Kier molecular flexibility index (Phi) is 4.33. The molecule has 86 valence electrons. The maximum Gasteiger partial charge on any atom is 0.0534 e. The highest BCUT2D eigenvalue weighted by Crippen LogP contribution is 2.19. The van der Waals surface area contributed by atoms with E-state index in [0.717, 1.165) is 6.54 Å². The molecule has 15 heavy (non-hydrogen) atoms. The third kappa shape index (κ3) is 3.06. The SMILES string of the molecule is CCC(CC)(CC)NCc1cnn(C)c1. The Hall–Kier alpha value is -0.830. The average Bonchev–Trinajstić information content (AvgIpc) is 2.67. The van der Waals surface area contributed by atoms with Gasteiger partial charge in [0.25, 0.3) is 0 Å². The summed E-state index contributed by atoms with van der Waals surface area (Å²) in [5, 5.41) is 7.83. The third-order valence-electron chi connectivity index (χ3n) is 3.46. The normalized spacial score (nSPS) is 12.0. The van der Waals surface area contributed by atoms with Crippen molar-refractivity contribution in [3.05, 3.63) is 18.0 Å². The van der Waals surface area contributed by atoms with Gasteiger partial charge in [-0.1, -0.05) is 20.8 Å². The first-order valence-electron chi connectivity index (χ1n) is 5.88. The minimum atomic E-state index is 0.301. The fourth-order valence-electron chi connectivity index (χ4n) is 1.98. The van der Waals surface area contributed by atoms with Crippen LogP contribution in [0.2, 0.25) is 0 Å². The molecule has 0 atom stereocenters. The highest BCUT2D eigenvalue weighted by molar-refractivity contribution is 5.04. The van der Waals surface area contributed by atoms with E-state index in [0.29, 0.717) is 5.54 Å². The summed E-state index contributed by atoms with van der Waals surface area (Å²) in [4.78, 5) is 0. The van der Waals surface area contributed by atoms with Gasteiger partial charge in [0.15, 0.2) is 0 Å². The van der Waals surface area contributed by atoms with Gasteiger partial charge in [0.05, 0.1) is 6.20 Å². The number of aryl methyl sites for hydroxylation is 1. The van der Waals surface area contributed by atoms with Crippen LogP contribution >= 0.6 is 0 Å². The minimum absolute atomic E-state index is 0.301. The Morgan fingerprint density at radius 1 is 1.27 bits per heavy atom. The first-order chi connectivity index (χ1) is 7.15. The van der Waals surface area contributed by atoms with E-state index in [4.69, 9.17) is 0 Å². The van der Waals surface area contributed by atoms with Crippen molar-refractivity contribution in [2.75, 3.05) is 0 Å². The summed E-state index contributed by atoms with van der Waals surface area (Å²) in [5.74, 6) is 0. The topological polar surface area (TPSA) is 29.9 Å². The molecule has 1 heterocycles. The van der Waals surface area contributed by atoms with Crippen LogP contribution in [0.25, 0.3) is 0 Å². The summed E-state index contributed by atoms with van der Waals surface area (Å²) in [7, 11) is 1.95. The molecule has 0 aliphatic heterocycles. The van der Waals surface area contributed by atoms with Gasteiger partial charge < -0.3 is 5.32 Å². The average molecular weight is 209 g/mol. The minimum Gasteiger partial charge on any atom is -0.307 e. The van der Waals surface area contributed by atoms with E-state index in [2.05, 4.69) is 37.4 Å². The summed E-state index contributed by atoms with van der Waals surface area (Å²) in [6, 6.07) is 0. The molecule has 1 N–H and O–H groups in total. The lowest BCUT2D eigenvalue weighted by Gasteiger charge is -2.31. The smallest absolute Gasteiger partial charge is 0.0534 e. The van der Waals surface area contributed by atoms with Crippen LogP contribution in [0.4, 0.5) is 0 Å². The largest absolute Gasteiger partial charge is 0.307 e. The number of hydrogen-bond donors (Lipinski definition) is 1. The van der Waals surface area contributed by atoms with Crippen molar-refractivity contribution in [3.63, 3.8) is 0 Å². The Bertz CT molecular complexity index is 279. The zero-order valence-corrected chi connectivity index (χ0v) is 10.4. The second-order valence-corrected chi connectivity index (χ2v) is 4.22. The fourth-order valence-corrected chi connectivity index (χ4v) is 1.98. The highest BCUT2D eigenvalue weighted by atomic mass is 15.2. The summed E-state index contributed by atoms with van der Waals surface area (Å²) in [6.45, 7) is 7.68. The first-order valence-corrected chi connectivity index (χ1v) is 5.88. The number of nitrogens with zero attached hydrogens (tertiary/aromatic N) is 2. The van der Waals surface area contributed by atoms with Gasteiger partial charge >= 0.3 is 0 Å². The van der Waals surface area contributed by atoms with Gasteiger partial charge in [-0.15, -0.1) is 0 Å². The van der Waals surface area contributed by atoms with Crippen molar-refractivity contribution < 1.29 is 0 Å². The van der Waals surface area contributed by atoms with Crippen LogP contribution < -0.4 is 5.32 Å². The molecule has 1 aromatic rings. The highest BCUT2D eigenvalue weighted by Gasteiger charge is 2.22. The molecule has 0 aliphatic rings. The number of nitrogens with one attached hydrogen (secondary N) is 1. The predicted octanol–water partition coefficient (Wildman–Crippen LogP) is 2.48. The van der Waals surface area contributed by atoms with Crippen molar-refractivity contribution in [1.29, 1.82) is 0 Å². The molecule has 0 spiro atoms. The maximum absolute atomic E-state index is 4.17. The van der Waals surface area contributed by atoms with Gasteiger partial charge in [-0.3, -0.25) is 4.68 Å². The second kappa shape index (κ2) is 5.31. The molecule has 0 amide bonds. The van der Waals surface area contributed by atoms with Crippen molar-refractivity contribution >= 4 is 0 Å². The number of aromatic nitrogens is 2. The lowest BCUT2D eigenvalue weighted by molar-refractivity contribution is 0.288. The molecule has 0 saturated heterocycles. The van der Waals surface area contributed by atoms with Crippen molar-refractivity contribution in [1.82, 2.24) is 15.1 Å². The fraction of sp³-hybridized carbons (Fsp3) is 0.750. The van der Waals surface area contributed by atoms with Crippen LogP contribution in [0, 0.1) is 0 Å². The molecule has 3 heteroatoms. The van der Waals surface area contributed by atoms with Gasteiger partial charge in [-0.25, -0.2) is 0 Å². The summed E-state index contributed by atoms with van der Waals surface area (Å²) < 4.78 is 1.85. The van der Waals surface area contributed by atoms with E-state index >= 15 is 0 Å². The molecule has 0 bridgehead atoms. The van der Waals surface area contributed by atoms with Gasteiger partial charge in [0, 0.05) is 30.9 Å². The van der Waals surface area contributed by atoms with Crippen LogP contribution in [0.1, 0.15) is 45.6 Å². The molecule has 0 radical (unpaired) electrons. The van der Waals surface area contributed by atoms with Gasteiger partial charge in [-0.2, -0.15) is 5.10 Å². The number of hydrogen-bond acceptors (Lipinski definition) is 2. The monoisotopic (exact) mass is 209 g/mol.